The van der Waals surface area contributed by atoms with Crippen molar-refractivity contribution in [1.29, 1.82) is 0 Å². The number of benzene rings is 1. The maximum atomic E-state index is 12.2. The normalized spacial score (nSPS) is 13.3. The molecule has 0 unspecified atom stereocenters. The van der Waals surface area contributed by atoms with Gasteiger partial charge in [-0.2, -0.15) is 8.39 Å². The summed E-state index contributed by atoms with van der Waals surface area (Å²) in [6.45, 7) is 0. The first-order valence-electron chi connectivity index (χ1n) is 4.87. The molecule has 0 amide bonds. The summed E-state index contributed by atoms with van der Waals surface area (Å²) < 4.78 is 34.6. The molecule has 0 bridgehead atoms. The molecule has 0 heterocycles. The third-order valence-electron chi connectivity index (χ3n) is 2.10. The van der Waals surface area contributed by atoms with Crippen LogP contribution in [0.3, 0.4) is 0 Å². The molecule has 0 saturated carbocycles. The van der Waals surface area contributed by atoms with Crippen molar-refractivity contribution in [1.82, 2.24) is 5.32 Å². The lowest BCUT2D eigenvalue weighted by molar-refractivity contribution is -0.139. The van der Waals surface area contributed by atoms with E-state index >= 15 is 0 Å². The topological polar surface area (TPSA) is 66.4 Å². The third-order valence-corrected chi connectivity index (χ3v) is 2.65. The number of hydrogen-bond acceptors (Lipinski definition) is 3. The van der Waals surface area contributed by atoms with Crippen LogP contribution in [-0.2, 0) is 15.8 Å². The number of halogens is 2. The van der Waals surface area contributed by atoms with Crippen LogP contribution in [0.2, 0.25) is 0 Å². The quantitative estimate of drug-likeness (QED) is 0.773. The van der Waals surface area contributed by atoms with Crippen LogP contribution in [0.1, 0.15) is 5.56 Å². The zero-order valence-corrected chi connectivity index (χ0v) is 9.74. The highest BCUT2D eigenvalue weighted by Crippen LogP contribution is 2.47. The molecule has 1 aromatic rings. The molecule has 7 heteroatoms. The van der Waals surface area contributed by atoms with E-state index in [2.05, 4.69) is 5.32 Å². The van der Waals surface area contributed by atoms with E-state index in [0.717, 1.165) is 0 Å². The molecule has 0 aliphatic rings. The van der Waals surface area contributed by atoms with Gasteiger partial charge in [-0.1, -0.05) is 30.3 Å². The number of hydrogen-bond donors (Lipinski definition) is 2. The van der Waals surface area contributed by atoms with Gasteiger partial charge in [0, 0.05) is 0 Å². The van der Waals surface area contributed by atoms with E-state index in [1.54, 1.807) is 30.3 Å². The molecular weight excluding hydrogens is 251 g/mol. The molecule has 0 aromatic heterocycles. The van der Waals surface area contributed by atoms with Crippen molar-refractivity contribution >= 4 is 13.7 Å². The van der Waals surface area contributed by atoms with E-state index in [1.165, 1.54) is 0 Å². The standard InChI is InChI=1S/C10H12F2NO3P/c11-17(12,16)7-13-9(10(14)15)6-8-4-2-1-3-5-8/h1-5,9,13H,6-7H2,(H,14,15)/t9-/m0/s1. The zero-order chi connectivity index (χ0) is 12.9. The minimum absolute atomic E-state index is 0.0656. The Morgan fingerprint density at radius 1 is 1.35 bits per heavy atom. The first kappa shape index (κ1) is 13.8. The minimum Gasteiger partial charge on any atom is -0.480 e. The van der Waals surface area contributed by atoms with Gasteiger partial charge in [-0.25, -0.2) is 4.57 Å². The van der Waals surface area contributed by atoms with E-state index in [-0.39, 0.29) is 6.42 Å². The molecule has 4 nitrogen and oxygen atoms in total. The Morgan fingerprint density at radius 2 is 1.94 bits per heavy atom. The number of nitrogens with one attached hydrogen (secondary N) is 1. The Balaban J connectivity index is 2.62. The summed E-state index contributed by atoms with van der Waals surface area (Å²) in [6.07, 6.45) is -1.02. The number of carboxylic acids is 1. The lowest BCUT2D eigenvalue weighted by atomic mass is 10.1. The van der Waals surface area contributed by atoms with Crippen molar-refractivity contribution in [3.8, 4) is 0 Å². The highest BCUT2D eigenvalue weighted by atomic mass is 31.2. The molecule has 1 rings (SSSR count). The van der Waals surface area contributed by atoms with Gasteiger partial charge in [0.2, 0.25) is 0 Å². The summed E-state index contributed by atoms with van der Waals surface area (Å²) >= 11 is 0. The Kier molecular flexibility index (Phi) is 4.78. The van der Waals surface area contributed by atoms with Gasteiger partial charge in [-0.05, 0) is 12.0 Å². The SMILES string of the molecule is O=C(O)[C@H](Cc1ccccc1)NCP(=O)(F)F. The summed E-state index contributed by atoms with van der Waals surface area (Å²) in [7, 11) is -5.24. The Morgan fingerprint density at radius 3 is 2.41 bits per heavy atom. The maximum absolute atomic E-state index is 12.2. The number of carbonyl (C=O) groups is 1. The highest BCUT2D eigenvalue weighted by molar-refractivity contribution is 7.52. The van der Waals surface area contributed by atoms with Gasteiger partial charge in [0.05, 0.1) is 0 Å². The largest absolute Gasteiger partial charge is 0.480 e. The van der Waals surface area contributed by atoms with Crippen molar-refractivity contribution in [2.75, 3.05) is 6.29 Å². The van der Waals surface area contributed by atoms with Gasteiger partial charge in [0.25, 0.3) is 0 Å². The van der Waals surface area contributed by atoms with Crippen LogP contribution in [0.5, 0.6) is 0 Å². The molecule has 1 aromatic carbocycles. The van der Waals surface area contributed by atoms with E-state index in [1.807, 2.05) is 0 Å². The average molecular weight is 263 g/mol. The molecule has 17 heavy (non-hydrogen) atoms. The average Bonchev–Trinajstić information content (AvgIpc) is 2.24. The fraction of sp³-hybridized carbons (Fsp3) is 0.300. The predicted molar refractivity (Wildman–Crippen MR) is 59.4 cm³/mol. The van der Waals surface area contributed by atoms with Gasteiger partial charge >= 0.3 is 13.7 Å². The molecule has 94 valence electrons. The summed E-state index contributed by atoms with van der Waals surface area (Å²) in [6, 6.07) is 7.44. The van der Waals surface area contributed by atoms with Crippen LogP contribution in [0, 0.1) is 0 Å². The molecule has 0 spiro atoms. The second-order valence-electron chi connectivity index (χ2n) is 3.51. The van der Waals surface area contributed by atoms with Crippen molar-refractivity contribution in [3.05, 3.63) is 35.9 Å². The predicted octanol–water partition coefficient (Wildman–Crippen LogP) is 2.36. The van der Waals surface area contributed by atoms with Crippen molar-refractivity contribution in [3.63, 3.8) is 0 Å². The van der Waals surface area contributed by atoms with Crippen molar-refractivity contribution in [2.45, 2.75) is 12.5 Å². The second kappa shape index (κ2) is 5.89. The first-order valence-corrected chi connectivity index (χ1v) is 6.54. The van der Waals surface area contributed by atoms with Gasteiger partial charge in [0.15, 0.2) is 0 Å². The van der Waals surface area contributed by atoms with Crippen LogP contribution < -0.4 is 5.32 Å². The highest BCUT2D eigenvalue weighted by Gasteiger charge is 2.24. The van der Waals surface area contributed by atoms with Crippen LogP contribution in [0.25, 0.3) is 0 Å². The van der Waals surface area contributed by atoms with Crippen LogP contribution in [0.4, 0.5) is 8.39 Å². The molecule has 2 N–H and O–H groups in total. The van der Waals surface area contributed by atoms with Crippen LogP contribution >= 0.6 is 7.76 Å². The first-order chi connectivity index (χ1) is 7.88. The van der Waals surface area contributed by atoms with E-state index in [0.29, 0.717) is 5.56 Å². The molecule has 0 aliphatic heterocycles. The van der Waals surface area contributed by atoms with E-state index in [4.69, 9.17) is 5.11 Å². The zero-order valence-electron chi connectivity index (χ0n) is 8.85. The lowest BCUT2D eigenvalue weighted by Crippen LogP contribution is -2.38. The molecule has 0 aliphatic carbocycles. The van der Waals surface area contributed by atoms with E-state index < -0.39 is 26.1 Å². The molecule has 0 radical (unpaired) electrons. The van der Waals surface area contributed by atoms with Crippen molar-refractivity contribution < 1.29 is 22.9 Å². The van der Waals surface area contributed by atoms with Gasteiger partial charge in [-0.15, -0.1) is 0 Å². The minimum atomic E-state index is -5.24. The molecule has 0 saturated heterocycles. The van der Waals surface area contributed by atoms with Crippen LogP contribution in [-0.4, -0.2) is 23.4 Å². The molecular formula is C10H12F2NO3P. The molecule has 1 atom stereocenters. The van der Waals surface area contributed by atoms with Crippen LogP contribution in [0.15, 0.2) is 30.3 Å². The summed E-state index contributed by atoms with van der Waals surface area (Å²) in [5, 5.41) is 10.9. The van der Waals surface area contributed by atoms with E-state index in [9.17, 15) is 17.8 Å². The Labute approximate surface area is 97.3 Å². The summed E-state index contributed by atoms with van der Waals surface area (Å²) in [5.74, 6) is -1.25. The Hall–Kier alpha value is -1.26. The smallest absolute Gasteiger partial charge is 0.416 e. The Bertz CT molecular complexity index is 421. The molecule has 0 fully saturated rings. The third kappa shape index (κ3) is 5.56. The summed E-state index contributed by atoms with van der Waals surface area (Å²) in [5.41, 5.74) is 0.708. The van der Waals surface area contributed by atoms with Crippen molar-refractivity contribution in [2.24, 2.45) is 0 Å². The number of carboxylic acid groups (broad SMARTS) is 1. The lowest BCUT2D eigenvalue weighted by Gasteiger charge is -2.13. The second-order valence-corrected chi connectivity index (χ2v) is 4.97. The fourth-order valence-corrected chi connectivity index (χ4v) is 1.75. The monoisotopic (exact) mass is 263 g/mol. The summed E-state index contributed by atoms with van der Waals surface area (Å²) in [4.78, 5) is 10.8. The number of aliphatic carboxylic acids is 1. The fourth-order valence-electron chi connectivity index (χ4n) is 1.31. The number of rotatable bonds is 6. The van der Waals surface area contributed by atoms with Gasteiger partial charge < -0.3 is 5.11 Å². The van der Waals surface area contributed by atoms with Gasteiger partial charge in [0.1, 0.15) is 12.3 Å². The maximum Gasteiger partial charge on any atom is 0.416 e. The van der Waals surface area contributed by atoms with Gasteiger partial charge in [-0.3, -0.25) is 10.1 Å².